The van der Waals surface area contributed by atoms with E-state index in [1.807, 2.05) is 12.1 Å². The minimum absolute atomic E-state index is 0. The summed E-state index contributed by atoms with van der Waals surface area (Å²) < 4.78 is 0. The van der Waals surface area contributed by atoms with E-state index in [9.17, 15) is 0 Å². The first-order valence-electron chi connectivity index (χ1n) is 4.86. The van der Waals surface area contributed by atoms with Crippen molar-refractivity contribution in [2.24, 2.45) is 5.73 Å². The lowest BCUT2D eigenvalue weighted by atomic mass is 9.89. The van der Waals surface area contributed by atoms with Gasteiger partial charge in [0.1, 0.15) is 0 Å². The van der Waals surface area contributed by atoms with Gasteiger partial charge in [0.15, 0.2) is 0 Å². The Morgan fingerprint density at radius 1 is 1.13 bits per heavy atom. The van der Waals surface area contributed by atoms with Gasteiger partial charge in [-0.15, -0.1) is 12.4 Å². The number of hydrogen-bond donors (Lipinski definition) is 1. The van der Waals surface area contributed by atoms with Gasteiger partial charge < -0.3 is 5.73 Å². The molecule has 0 radical (unpaired) electrons. The molecule has 4 heteroatoms. The van der Waals surface area contributed by atoms with E-state index in [0.29, 0.717) is 10.0 Å². The highest BCUT2D eigenvalue weighted by atomic mass is 35.5. The van der Waals surface area contributed by atoms with E-state index in [1.54, 1.807) is 6.07 Å². The molecule has 0 aromatic heterocycles. The Bertz CT molecular complexity index is 346. The summed E-state index contributed by atoms with van der Waals surface area (Å²) >= 11 is 12.0. The molecule has 0 aliphatic heterocycles. The van der Waals surface area contributed by atoms with E-state index in [0.717, 1.165) is 18.4 Å². The van der Waals surface area contributed by atoms with Gasteiger partial charge in [0.25, 0.3) is 0 Å². The predicted molar refractivity (Wildman–Crippen MR) is 68.0 cm³/mol. The van der Waals surface area contributed by atoms with Crippen LogP contribution in [0.3, 0.4) is 0 Å². The molecule has 0 spiro atoms. The smallest absolute Gasteiger partial charge is 0.0471 e. The zero-order valence-corrected chi connectivity index (χ0v) is 10.6. The average molecular weight is 267 g/mol. The van der Waals surface area contributed by atoms with Gasteiger partial charge in [-0.3, -0.25) is 0 Å². The van der Waals surface area contributed by atoms with Gasteiger partial charge in [-0.05, 0) is 30.5 Å². The number of halogens is 3. The van der Waals surface area contributed by atoms with Crippen LogP contribution in [-0.2, 0) is 5.54 Å². The van der Waals surface area contributed by atoms with E-state index < -0.39 is 0 Å². The quantitative estimate of drug-likeness (QED) is 0.812. The Morgan fingerprint density at radius 2 is 1.73 bits per heavy atom. The topological polar surface area (TPSA) is 26.0 Å². The van der Waals surface area contributed by atoms with E-state index in [2.05, 4.69) is 0 Å². The first-order valence-corrected chi connectivity index (χ1v) is 5.62. The highest BCUT2D eigenvalue weighted by molar-refractivity contribution is 6.35. The van der Waals surface area contributed by atoms with Crippen LogP contribution in [0.4, 0.5) is 0 Å². The maximum absolute atomic E-state index is 6.30. The lowest BCUT2D eigenvalue weighted by Crippen LogP contribution is -2.33. The van der Waals surface area contributed by atoms with Crippen LogP contribution in [0, 0.1) is 0 Å². The van der Waals surface area contributed by atoms with Gasteiger partial charge in [-0.1, -0.05) is 42.1 Å². The molecule has 15 heavy (non-hydrogen) atoms. The van der Waals surface area contributed by atoms with Crippen molar-refractivity contribution in [3.8, 4) is 0 Å². The Balaban J connectivity index is 0.00000112. The second-order valence-corrected chi connectivity index (χ2v) is 4.83. The molecule has 1 aliphatic carbocycles. The zero-order chi connectivity index (χ0) is 10.2. The first-order chi connectivity index (χ1) is 6.62. The van der Waals surface area contributed by atoms with E-state index in [-0.39, 0.29) is 17.9 Å². The predicted octanol–water partition coefficient (Wildman–Crippen LogP) is 4.14. The third kappa shape index (κ3) is 2.59. The third-order valence-electron chi connectivity index (χ3n) is 2.96. The number of benzene rings is 1. The molecule has 2 N–H and O–H groups in total. The Labute approximate surface area is 106 Å². The lowest BCUT2D eigenvalue weighted by Gasteiger charge is -2.25. The van der Waals surface area contributed by atoms with Crippen molar-refractivity contribution in [1.29, 1.82) is 0 Å². The second-order valence-electron chi connectivity index (χ2n) is 3.99. The van der Waals surface area contributed by atoms with Gasteiger partial charge >= 0.3 is 0 Å². The largest absolute Gasteiger partial charge is 0.321 e. The molecule has 0 unspecified atom stereocenters. The summed E-state index contributed by atoms with van der Waals surface area (Å²) in [5.74, 6) is 0. The Kier molecular flexibility index (Phi) is 4.30. The number of nitrogens with two attached hydrogens (primary N) is 1. The fourth-order valence-electron chi connectivity index (χ4n) is 2.17. The van der Waals surface area contributed by atoms with Crippen molar-refractivity contribution >= 4 is 35.6 Å². The van der Waals surface area contributed by atoms with Crippen LogP contribution in [0.25, 0.3) is 0 Å². The standard InChI is InChI=1S/C11H13Cl2N.ClH/c12-8-3-4-9(10(13)7-8)11(14)5-1-2-6-11;/h3-4,7H,1-2,5-6,14H2;1H. The van der Waals surface area contributed by atoms with Crippen LogP contribution in [-0.4, -0.2) is 0 Å². The molecule has 1 fully saturated rings. The van der Waals surface area contributed by atoms with Crippen LogP contribution in [0.5, 0.6) is 0 Å². The molecule has 1 aromatic carbocycles. The van der Waals surface area contributed by atoms with E-state index >= 15 is 0 Å². The minimum Gasteiger partial charge on any atom is -0.321 e. The van der Waals surface area contributed by atoms with E-state index in [4.69, 9.17) is 28.9 Å². The Hall–Kier alpha value is 0.0500. The summed E-state index contributed by atoms with van der Waals surface area (Å²) in [7, 11) is 0. The molecular weight excluding hydrogens is 252 g/mol. The monoisotopic (exact) mass is 265 g/mol. The summed E-state index contributed by atoms with van der Waals surface area (Å²) in [5.41, 5.74) is 7.13. The summed E-state index contributed by atoms with van der Waals surface area (Å²) in [4.78, 5) is 0. The summed E-state index contributed by atoms with van der Waals surface area (Å²) in [5, 5.41) is 1.36. The highest BCUT2D eigenvalue weighted by Gasteiger charge is 2.32. The summed E-state index contributed by atoms with van der Waals surface area (Å²) in [6, 6.07) is 5.58. The second kappa shape index (κ2) is 4.92. The molecular formula is C11H14Cl3N. The van der Waals surface area contributed by atoms with Crippen LogP contribution < -0.4 is 5.73 Å². The summed E-state index contributed by atoms with van der Waals surface area (Å²) in [6.07, 6.45) is 4.42. The van der Waals surface area contributed by atoms with Crippen molar-refractivity contribution in [3.05, 3.63) is 33.8 Å². The average Bonchev–Trinajstić information content (AvgIpc) is 2.52. The minimum atomic E-state index is -0.221. The molecule has 0 atom stereocenters. The van der Waals surface area contributed by atoms with Crippen LogP contribution in [0.15, 0.2) is 18.2 Å². The van der Waals surface area contributed by atoms with Crippen molar-refractivity contribution in [1.82, 2.24) is 0 Å². The van der Waals surface area contributed by atoms with Crippen molar-refractivity contribution < 1.29 is 0 Å². The number of rotatable bonds is 1. The molecule has 1 aromatic rings. The molecule has 0 heterocycles. The molecule has 0 bridgehead atoms. The molecule has 0 amide bonds. The summed E-state index contributed by atoms with van der Waals surface area (Å²) in [6.45, 7) is 0. The molecule has 2 rings (SSSR count). The fourth-order valence-corrected chi connectivity index (χ4v) is 2.77. The van der Waals surface area contributed by atoms with Crippen LogP contribution in [0.2, 0.25) is 10.0 Å². The van der Waals surface area contributed by atoms with Crippen LogP contribution in [0.1, 0.15) is 31.2 Å². The SMILES string of the molecule is Cl.NC1(c2ccc(Cl)cc2Cl)CCCC1. The molecule has 1 aliphatic rings. The molecule has 1 saturated carbocycles. The van der Waals surface area contributed by atoms with Crippen molar-refractivity contribution in [2.75, 3.05) is 0 Å². The molecule has 0 saturated heterocycles. The van der Waals surface area contributed by atoms with Crippen LogP contribution >= 0.6 is 35.6 Å². The van der Waals surface area contributed by atoms with Gasteiger partial charge in [0.2, 0.25) is 0 Å². The van der Waals surface area contributed by atoms with Crippen molar-refractivity contribution in [3.63, 3.8) is 0 Å². The molecule has 84 valence electrons. The fraction of sp³-hybridized carbons (Fsp3) is 0.455. The number of hydrogen-bond acceptors (Lipinski definition) is 1. The van der Waals surface area contributed by atoms with Gasteiger partial charge in [-0.2, -0.15) is 0 Å². The third-order valence-corrected chi connectivity index (χ3v) is 3.51. The maximum atomic E-state index is 6.30. The van der Waals surface area contributed by atoms with Gasteiger partial charge in [-0.25, -0.2) is 0 Å². The normalized spacial score (nSPS) is 18.6. The first kappa shape index (κ1) is 13.1. The van der Waals surface area contributed by atoms with E-state index in [1.165, 1.54) is 12.8 Å². The lowest BCUT2D eigenvalue weighted by molar-refractivity contribution is 0.462. The highest BCUT2D eigenvalue weighted by Crippen LogP contribution is 2.40. The zero-order valence-electron chi connectivity index (χ0n) is 8.30. The van der Waals surface area contributed by atoms with Crippen molar-refractivity contribution in [2.45, 2.75) is 31.2 Å². The van der Waals surface area contributed by atoms with Gasteiger partial charge in [0.05, 0.1) is 0 Å². The van der Waals surface area contributed by atoms with Gasteiger partial charge in [0, 0.05) is 15.6 Å². The maximum Gasteiger partial charge on any atom is 0.0471 e. The molecule has 1 nitrogen and oxygen atoms in total. The Morgan fingerprint density at radius 3 is 2.27 bits per heavy atom.